The number of benzene rings is 1. The predicted octanol–water partition coefficient (Wildman–Crippen LogP) is 1.28. The molecule has 0 spiro atoms. The Morgan fingerprint density at radius 2 is 2.21 bits per heavy atom. The van der Waals surface area contributed by atoms with Crippen LogP contribution >= 0.6 is 0 Å². The van der Waals surface area contributed by atoms with Crippen molar-refractivity contribution in [3.8, 4) is 6.07 Å². The number of morpholine rings is 1. The first kappa shape index (κ1) is 14.0. The number of hydrogen-bond donors (Lipinski definition) is 0. The lowest BCUT2D eigenvalue weighted by Crippen LogP contribution is -2.46. The maximum Gasteiger partial charge on any atom is 0.243 e. The maximum atomic E-state index is 12.5. The smallest absolute Gasteiger partial charge is 0.243 e. The van der Waals surface area contributed by atoms with Gasteiger partial charge >= 0.3 is 0 Å². The number of nitrogens with zero attached hydrogens (tertiary/aromatic N) is 2. The van der Waals surface area contributed by atoms with Crippen molar-refractivity contribution >= 4 is 10.0 Å². The Hall–Kier alpha value is -1.42. The average Bonchev–Trinajstić information content (AvgIpc) is 2.39. The van der Waals surface area contributed by atoms with E-state index in [4.69, 9.17) is 10.00 Å². The summed E-state index contributed by atoms with van der Waals surface area (Å²) in [5.41, 5.74) is 1.17. The summed E-state index contributed by atoms with van der Waals surface area (Å²) < 4.78 is 31.8. The van der Waals surface area contributed by atoms with Gasteiger partial charge < -0.3 is 4.74 Å². The zero-order valence-electron chi connectivity index (χ0n) is 11.0. The second-order valence-corrected chi connectivity index (χ2v) is 6.52. The molecule has 5 nitrogen and oxygen atoms in total. The zero-order chi connectivity index (χ0) is 14.0. The predicted molar refractivity (Wildman–Crippen MR) is 70.1 cm³/mol. The fraction of sp³-hybridized carbons (Fsp3) is 0.462. The Morgan fingerprint density at radius 1 is 1.47 bits per heavy atom. The highest BCUT2D eigenvalue weighted by Gasteiger charge is 2.31. The molecule has 1 unspecified atom stereocenters. The Bertz CT molecular complexity index is 619. The quantitative estimate of drug-likeness (QED) is 0.818. The van der Waals surface area contributed by atoms with Gasteiger partial charge in [0, 0.05) is 12.6 Å². The van der Waals surface area contributed by atoms with Gasteiger partial charge in [0.1, 0.15) is 0 Å². The molecule has 1 aromatic carbocycles. The van der Waals surface area contributed by atoms with Crippen LogP contribution < -0.4 is 0 Å². The molecule has 0 radical (unpaired) electrons. The van der Waals surface area contributed by atoms with Crippen LogP contribution in [-0.2, 0) is 14.8 Å². The molecule has 102 valence electrons. The van der Waals surface area contributed by atoms with E-state index in [1.54, 1.807) is 19.1 Å². The van der Waals surface area contributed by atoms with Gasteiger partial charge in [-0.05, 0) is 37.6 Å². The van der Waals surface area contributed by atoms with Gasteiger partial charge in [-0.1, -0.05) is 0 Å². The molecule has 1 aromatic rings. The van der Waals surface area contributed by atoms with E-state index in [0.717, 1.165) is 0 Å². The third-order valence-electron chi connectivity index (χ3n) is 3.23. The molecule has 1 fully saturated rings. The van der Waals surface area contributed by atoms with Gasteiger partial charge in [-0.3, -0.25) is 0 Å². The minimum Gasteiger partial charge on any atom is -0.378 e. The summed E-state index contributed by atoms with van der Waals surface area (Å²) in [6.45, 7) is 4.75. The van der Waals surface area contributed by atoms with E-state index in [2.05, 4.69) is 0 Å². The maximum absolute atomic E-state index is 12.5. The van der Waals surface area contributed by atoms with Crippen LogP contribution in [0.5, 0.6) is 0 Å². The van der Waals surface area contributed by atoms with Crippen LogP contribution in [0.1, 0.15) is 18.1 Å². The fourth-order valence-corrected chi connectivity index (χ4v) is 3.81. The number of nitriles is 1. The summed E-state index contributed by atoms with van der Waals surface area (Å²) in [6, 6.07) is 6.45. The standard InChI is InChI=1S/C13H16N2O3S/c1-10-7-13(4-3-12(10)8-14)19(16,17)15-5-6-18-9-11(15)2/h3-4,7,11H,5-6,9H2,1-2H3. The highest BCUT2D eigenvalue weighted by Crippen LogP contribution is 2.22. The second kappa shape index (κ2) is 5.29. The zero-order valence-corrected chi connectivity index (χ0v) is 11.8. The van der Waals surface area contributed by atoms with Crippen LogP contribution in [0.4, 0.5) is 0 Å². The molecular weight excluding hydrogens is 264 g/mol. The van der Waals surface area contributed by atoms with E-state index in [1.165, 1.54) is 10.4 Å². The molecule has 0 amide bonds. The van der Waals surface area contributed by atoms with E-state index < -0.39 is 10.0 Å². The lowest BCUT2D eigenvalue weighted by molar-refractivity contribution is 0.0393. The SMILES string of the molecule is Cc1cc(S(=O)(=O)N2CCOCC2C)ccc1C#N. The largest absolute Gasteiger partial charge is 0.378 e. The third-order valence-corrected chi connectivity index (χ3v) is 5.24. The van der Waals surface area contributed by atoms with Crippen LogP contribution in [-0.4, -0.2) is 38.5 Å². The summed E-state index contributed by atoms with van der Waals surface area (Å²) in [6.07, 6.45) is 0. The Morgan fingerprint density at radius 3 is 2.79 bits per heavy atom. The molecule has 1 aliphatic rings. The van der Waals surface area contributed by atoms with Crippen molar-refractivity contribution in [3.63, 3.8) is 0 Å². The molecule has 0 bridgehead atoms. The summed E-state index contributed by atoms with van der Waals surface area (Å²) >= 11 is 0. The third kappa shape index (κ3) is 2.63. The van der Waals surface area contributed by atoms with Crippen molar-refractivity contribution < 1.29 is 13.2 Å². The lowest BCUT2D eigenvalue weighted by atomic mass is 10.1. The minimum absolute atomic E-state index is 0.172. The molecule has 6 heteroatoms. The molecule has 0 aromatic heterocycles. The Balaban J connectivity index is 2.39. The summed E-state index contributed by atoms with van der Waals surface area (Å²) in [7, 11) is -3.51. The summed E-state index contributed by atoms with van der Waals surface area (Å²) in [4.78, 5) is 0.234. The van der Waals surface area contributed by atoms with E-state index >= 15 is 0 Å². The van der Waals surface area contributed by atoms with Crippen molar-refractivity contribution in [3.05, 3.63) is 29.3 Å². The molecule has 2 rings (SSSR count). The highest BCUT2D eigenvalue weighted by atomic mass is 32.2. The molecule has 0 N–H and O–H groups in total. The van der Waals surface area contributed by atoms with Gasteiger partial charge in [0.25, 0.3) is 0 Å². The molecular formula is C13H16N2O3S. The molecule has 0 aliphatic carbocycles. The molecule has 1 heterocycles. The number of rotatable bonds is 2. The van der Waals surface area contributed by atoms with Crippen molar-refractivity contribution in [2.24, 2.45) is 0 Å². The number of sulfonamides is 1. The van der Waals surface area contributed by atoms with Crippen molar-refractivity contribution in [2.75, 3.05) is 19.8 Å². The van der Waals surface area contributed by atoms with Crippen LogP contribution in [0.3, 0.4) is 0 Å². The molecule has 1 aliphatic heterocycles. The van der Waals surface area contributed by atoms with Gasteiger partial charge in [-0.2, -0.15) is 9.57 Å². The van der Waals surface area contributed by atoms with Crippen LogP contribution in [0, 0.1) is 18.3 Å². The van der Waals surface area contributed by atoms with Crippen LogP contribution in [0.25, 0.3) is 0 Å². The summed E-state index contributed by atoms with van der Waals surface area (Å²) in [5, 5.41) is 8.88. The van der Waals surface area contributed by atoms with Crippen molar-refractivity contribution in [1.82, 2.24) is 4.31 Å². The second-order valence-electron chi connectivity index (χ2n) is 4.63. The van der Waals surface area contributed by atoms with E-state index in [0.29, 0.717) is 30.9 Å². The van der Waals surface area contributed by atoms with E-state index in [1.807, 2.05) is 13.0 Å². The average molecular weight is 280 g/mol. The van der Waals surface area contributed by atoms with Crippen molar-refractivity contribution in [1.29, 1.82) is 5.26 Å². The lowest BCUT2D eigenvalue weighted by Gasteiger charge is -2.32. The van der Waals surface area contributed by atoms with Crippen LogP contribution in [0.2, 0.25) is 0 Å². The fourth-order valence-electron chi connectivity index (χ4n) is 2.13. The highest BCUT2D eigenvalue weighted by molar-refractivity contribution is 7.89. The van der Waals surface area contributed by atoms with E-state index in [9.17, 15) is 8.42 Å². The topological polar surface area (TPSA) is 70.4 Å². The molecule has 1 saturated heterocycles. The number of ether oxygens (including phenoxy) is 1. The van der Waals surface area contributed by atoms with E-state index in [-0.39, 0.29) is 10.9 Å². The Kier molecular flexibility index (Phi) is 3.90. The summed E-state index contributed by atoms with van der Waals surface area (Å²) in [5.74, 6) is 0. The molecule has 19 heavy (non-hydrogen) atoms. The first-order chi connectivity index (χ1) is 8.96. The van der Waals surface area contributed by atoms with Gasteiger partial charge in [0.2, 0.25) is 10.0 Å². The number of hydrogen-bond acceptors (Lipinski definition) is 4. The van der Waals surface area contributed by atoms with Gasteiger partial charge in [0.05, 0.1) is 29.7 Å². The minimum atomic E-state index is -3.51. The molecule has 1 atom stereocenters. The van der Waals surface area contributed by atoms with Crippen LogP contribution in [0.15, 0.2) is 23.1 Å². The van der Waals surface area contributed by atoms with Crippen molar-refractivity contribution in [2.45, 2.75) is 24.8 Å². The monoisotopic (exact) mass is 280 g/mol. The number of aryl methyl sites for hydroxylation is 1. The first-order valence-corrected chi connectivity index (χ1v) is 7.51. The normalized spacial score (nSPS) is 21.0. The molecule has 0 saturated carbocycles. The Labute approximate surface area is 113 Å². The van der Waals surface area contributed by atoms with Gasteiger partial charge in [-0.25, -0.2) is 8.42 Å². The van der Waals surface area contributed by atoms with Gasteiger partial charge in [0.15, 0.2) is 0 Å². The van der Waals surface area contributed by atoms with Gasteiger partial charge in [-0.15, -0.1) is 0 Å². The first-order valence-electron chi connectivity index (χ1n) is 6.07.